The van der Waals surface area contributed by atoms with E-state index in [9.17, 15) is 0 Å². The van der Waals surface area contributed by atoms with Gasteiger partial charge in [0.1, 0.15) is 12.4 Å². The molecular weight excluding hydrogens is 242 g/mol. The van der Waals surface area contributed by atoms with E-state index in [1.807, 2.05) is 24.3 Å². The van der Waals surface area contributed by atoms with E-state index in [1.165, 1.54) is 12.8 Å². The molecule has 2 rings (SSSR count). The molecule has 1 atom stereocenters. The van der Waals surface area contributed by atoms with Crippen molar-refractivity contribution < 1.29 is 4.74 Å². The first-order valence-electron chi connectivity index (χ1n) is 4.89. The van der Waals surface area contributed by atoms with Gasteiger partial charge in [0.2, 0.25) is 0 Å². The molecule has 1 unspecified atom stereocenters. The van der Waals surface area contributed by atoms with E-state index in [1.54, 1.807) is 0 Å². The third kappa shape index (κ3) is 2.72. The van der Waals surface area contributed by atoms with Gasteiger partial charge in [-0.05, 0) is 43.0 Å². The molecule has 1 saturated carbocycles. The van der Waals surface area contributed by atoms with Gasteiger partial charge in [0, 0.05) is 10.5 Å². The van der Waals surface area contributed by atoms with Crippen LogP contribution in [0.2, 0.25) is 0 Å². The second-order valence-electron chi connectivity index (χ2n) is 3.77. The first kappa shape index (κ1) is 9.99. The monoisotopic (exact) mass is 255 g/mol. The Morgan fingerprint density at radius 3 is 2.57 bits per heavy atom. The highest BCUT2D eigenvalue weighted by Crippen LogP contribution is 2.31. The average Bonchev–Trinajstić information content (AvgIpc) is 3.00. The summed E-state index contributed by atoms with van der Waals surface area (Å²) in [6.07, 6.45) is 2.54. The standard InChI is InChI=1S/C11H14BrNO/c12-9-3-5-10(6-4-9)14-7-11(13)8-1-2-8/h3-6,8,11H,1-2,7,13H2. The molecule has 1 fully saturated rings. The normalized spacial score (nSPS) is 17.9. The maximum absolute atomic E-state index is 5.92. The maximum atomic E-state index is 5.92. The van der Waals surface area contributed by atoms with E-state index in [0.717, 1.165) is 10.2 Å². The van der Waals surface area contributed by atoms with Crippen LogP contribution < -0.4 is 10.5 Å². The van der Waals surface area contributed by atoms with Crippen molar-refractivity contribution in [1.82, 2.24) is 0 Å². The SMILES string of the molecule is NC(COc1ccc(Br)cc1)C1CC1. The predicted molar refractivity (Wildman–Crippen MR) is 60.3 cm³/mol. The van der Waals surface area contributed by atoms with E-state index in [4.69, 9.17) is 10.5 Å². The maximum Gasteiger partial charge on any atom is 0.119 e. The third-order valence-electron chi connectivity index (χ3n) is 2.48. The number of hydrogen-bond donors (Lipinski definition) is 1. The lowest BCUT2D eigenvalue weighted by Crippen LogP contribution is -2.29. The number of rotatable bonds is 4. The first-order valence-corrected chi connectivity index (χ1v) is 5.69. The molecule has 1 aromatic rings. The average molecular weight is 256 g/mol. The quantitative estimate of drug-likeness (QED) is 0.898. The summed E-state index contributed by atoms with van der Waals surface area (Å²) >= 11 is 3.38. The Hall–Kier alpha value is -0.540. The minimum atomic E-state index is 0.207. The van der Waals surface area contributed by atoms with Crippen molar-refractivity contribution in [2.75, 3.05) is 6.61 Å². The molecule has 1 aromatic carbocycles. The van der Waals surface area contributed by atoms with Crippen LogP contribution in [0.4, 0.5) is 0 Å². The van der Waals surface area contributed by atoms with Crippen LogP contribution in [0.1, 0.15) is 12.8 Å². The van der Waals surface area contributed by atoms with Crippen LogP contribution in [0.3, 0.4) is 0 Å². The lowest BCUT2D eigenvalue weighted by molar-refractivity contribution is 0.276. The van der Waals surface area contributed by atoms with Crippen LogP contribution in [0, 0.1) is 5.92 Å². The number of halogens is 1. The number of hydrogen-bond acceptors (Lipinski definition) is 2. The minimum absolute atomic E-state index is 0.207. The lowest BCUT2D eigenvalue weighted by Gasteiger charge is -2.11. The van der Waals surface area contributed by atoms with Gasteiger partial charge >= 0.3 is 0 Å². The summed E-state index contributed by atoms with van der Waals surface area (Å²) < 4.78 is 6.64. The van der Waals surface area contributed by atoms with Gasteiger partial charge in [0.25, 0.3) is 0 Å². The first-order chi connectivity index (χ1) is 6.75. The topological polar surface area (TPSA) is 35.2 Å². The Morgan fingerprint density at radius 2 is 2.00 bits per heavy atom. The molecule has 3 heteroatoms. The zero-order valence-corrected chi connectivity index (χ0v) is 9.53. The number of benzene rings is 1. The Balaban J connectivity index is 1.82. The van der Waals surface area contributed by atoms with E-state index < -0.39 is 0 Å². The van der Waals surface area contributed by atoms with Crippen molar-refractivity contribution in [3.63, 3.8) is 0 Å². The molecule has 2 nitrogen and oxygen atoms in total. The van der Waals surface area contributed by atoms with Gasteiger partial charge in [-0.3, -0.25) is 0 Å². The van der Waals surface area contributed by atoms with Gasteiger partial charge in [0.15, 0.2) is 0 Å². The zero-order chi connectivity index (χ0) is 9.97. The van der Waals surface area contributed by atoms with Crippen LogP contribution >= 0.6 is 15.9 Å². The molecule has 0 spiro atoms. The molecule has 0 aliphatic heterocycles. The fourth-order valence-electron chi connectivity index (χ4n) is 1.38. The van der Waals surface area contributed by atoms with Crippen LogP contribution in [-0.4, -0.2) is 12.6 Å². The van der Waals surface area contributed by atoms with E-state index >= 15 is 0 Å². The number of ether oxygens (including phenoxy) is 1. The molecule has 0 heterocycles. The summed E-state index contributed by atoms with van der Waals surface area (Å²) in [5.74, 6) is 1.59. The van der Waals surface area contributed by atoms with Crippen molar-refractivity contribution in [3.05, 3.63) is 28.7 Å². The Morgan fingerprint density at radius 1 is 1.36 bits per heavy atom. The highest BCUT2D eigenvalue weighted by atomic mass is 79.9. The molecule has 14 heavy (non-hydrogen) atoms. The van der Waals surface area contributed by atoms with Crippen LogP contribution in [0.5, 0.6) is 5.75 Å². The molecule has 0 aromatic heterocycles. The summed E-state index contributed by atoms with van der Waals surface area (Å²) in [6.45, 7) is 0.631. The molecular formula is C11H14BrNO. The van der Waals surface area contributed by atoms with Gasteiger partial charge < -0.3 is 10.5 Å². The summed E-state index contributed by atoms with van der Waals surface area (Å²) in [6, 6.07) is 8.04. The van der Waals surface area contributed by atoms with E-state index in [2.05, 4.69) is 15.9 Å². The molecule has 1 aliphatic rings. The van der Waals surface area contributed by atoms with E-state index in [-0.39, 0.29) is 6.04 Å². The zero-order valence-electron chi connectivity index (χ0n) is 7.95. The van der Waals surface area contributed by atoms with Gasteiger partial charge in [-0.15, -0.1) is 0 Å². The van der Waals surface area contributed by atoms with Gasteiger partial charge in [-0.1, -0.05) is 15.9 Å². The number of nitrogens with two attached hydrogens (primary N) is 1. The molecule has 1 aliphatic carbocycles. The summed E-state index contributed by atoms with van der Waals surface area (Å²) in [4.78, 5) is 0. The molecule has 2 N–H and O–H groups in total. The smallest absolute Gasteiger partial charge is 0.119 e. The summed E-state index contributed by atoms with van der Waals surface area (Å²) in [5, 5.41) is 0. The van der Waals surface area contributed by atoms with Crippen LogP contribution in [0.15, 0.2) is 28.7 Å². The van der Waals surface area contributed by atoms with Crippen molar-refractivity contribution in [1.29, 1.82) is 0 Å². The van der Waals surface area contributed by atoms with Gasteiger partial charge in [-0.25, -0.2) is 0 Å². The van der Waals surface area contributed by atoms with Crippen molar-refractivity contribution >= 4 is 15.9 Å². The summed E-state index contributed by atoms with van der Waals surface area (Å²) in [7, 11) is 0. The molecule has 0 amide bonds. The highest BCUT2D eigenvalue weighted by molar-refractivity contribution is 9.10. The highest BCUT2D eigenvalue weighted by Gasteiger charge is 2.28. The second-order valence-corrected chi connectivity index (χ2v) is 4.68. The van der Waals surface area contributed by atoms with Crippen molar-refractivity contribution in [3.8, 4) is 5.75 Å². The lowest BCUT2D eigenvalue weighted by atomic mass is 10.2. The van der Waals surface area contributed by atoms with Gasteiger partial charge in [-0.2, -0.15) is 0 Å². The second kappa shape index (κ2) is 4.32. The molecule has 0 radical (unpaired) electrons. The predicted octanol–water partition coefficient (Wildman–Crippen LogP) is 2.57. The van der Waals surface area contributed by atoms with Crippen LogP contribution in [-0.2, 0) is 0 Å². The van der Waals surface area contributed by atoms with Crippen molar-refractivity contribution in [2.24, 2.45) is 11.7 Å². The Kier molecular flexibility index (Phi) is 3.08. The van der Waals surface area contributed by atoms with E-state index in [0.29, 0.717) is 12.5 Å². The van der Waals surface area contributed by atoms with Crippen LogP contribution in [0.25, 0.3) is 0 Å². The molecule has 0 saturated heterocycles. The Bertz CT molecular complexity index is 295. The fourth-order valence-corrected chi connectivity index (χ4v) is 1.65. The van der Waals surface area contributed by atoms with Gasteiger partial charge in [0.05, 0.1) is 0 Å². The fraction of sp³-hybridized carbons (Fsp3) is 0.455. The Labute approximate surface area is 92.6 Å². The third-order valence-corrected chi connectivity index (χ3v) is 3.01. The molecule has 76 valence electrons. The minimum Gasteiger partial charge on any atom is -0.492 e. The largest absolute Gasteiger partial charge is 0.492 e. The van der Waals surface area contributed by atoms with Crippen molar-refractivity contribution in [2.45, 2.75) is 18.9 Å². The molecule has 0 bridgehead atoms. The summed E-state index contributed by atoms with van der Waals surface area (Å²) in [5.41, 5.74) is 5.92.